The second-order valence-electron chi connectivity index (χ2n) is 9.53. The summed E-state index contributed by atoms with van der Waals surface area (Å²) in [5.41, 5.74) is 1.55. The van der Waals surface area contributed by atoms with Crippen molar-refractivity contribution in [1.29, 1.82) is 0 Å². The highest BCUT2D eigenvalue weighted by Crippen LogP contribution is 2.51. The number of fused-ring (bicyclic) bond motifs is 1. The largest absolute Gasteiger partial charge is 0.310 e. The fourth-order valence-electron chi connectivity index (χ4n) is 4.92. The Kier molecular flexibility index (Phi) is 5.05. The maximum Gasteiger partial charge on any atom is 0.257 e. The zero-order chi connectivity index (χ0) is 24.4. The molecule has 2 aliphatic rings. The number of carbonyl (C=O) groups excluding carboxylic acids is 2. The average molecular weight is 479 g/mol. The molecule has 0 bridgehead atoms. The Labute approximate surface area is 200 Å². The van der Waals surface area contributed by atoms with Gasteiger partial charge in [-0.05, 0) is 36.5 Å². The molecule has 1 N–H and O–H groups in total. The number of hydrogen-bond acceptors (Lipinski definition) is 7. The van der Waals surface area contributed by atoms with Crippen LogP contribution in [0.5, 0.6) is 0 Å². The topological polar surface area (TPSA) is 114 Å². The maximum absolute atomic E-state index is 13.7. The van der Waals surface area contributed by atoms with Gasteiger partial charge in [-0.3, -0.25) is 19.3 Å². The van der Waals surface area contributed by atoms with Crippen molar-refractivity contribution >= 4 is 35.1 Å². The molecule has 34 heavy (non-hydrogen) atoms. The molecule has 1 unspecified atom stereocenters. The summed E-state index contributed by atoms with van der Waals surface area (Å²) in [7, 11) is 0. The van der Waals surface area contributed by atoms with E-state index in [-0.39, 0.29) is 28.6 Å². The van der Waals surface area contributed by atoms with Crippen molar-refractivity contribution < 1.29 is 9.59 Å². The lowest BCUT2D eigenvalue weighted by Gasteiger charge is -2.43. The molecule has 0 saturated carbocycles. The standard InChI is InChI=1S/C24H23ClN6O3/c1-12-27-21-20(22(34)28-12)18(14-5-7-15(25)8-6-14)19-16(9-24(3,4)10-17(19)33)31(21)23-29-26-11-30(23)13(2)32/h5-8,11,18H,9-10H2,1-4H3,(H,27,28,34). The van der Waals surface area contributed by atoms with Crippen molar-refractivity contribution in [3.63, 3.8) is 0 Å². The molecule has 0 saturated heterocycles. The lowest BCUT2D eigenvalue weighted by atomic mass is 9.69. The van der Waals surface area contributed by atoms with Crippen molar-refractivity contribution in [2.24, 2.45) is 5.41 Å². The van der Waals surface area contributed by atoms with Crippen LogP contribution in [0.3, 0.4) is 0 Å². The van der Waals surface area contributed by atoms with E-state index in [2.05, 4.69) is 20.2 Å². The first kappa shape index (κ1) is 22.2. The van der Waals surface area contributed by atoms with Crippen LogP contribution < -0.4 is 10.5 Å². The van der Waals surface area contributed by atoms with Gasteiger partial charge in [0.2, 0.25) is 11.9 Å². The Bertz CT molecular complexity index is 1430. The second-order valence-corrected chi connectivity index (χ2v) is 9.97. The number of anilines is 2. The number of aromatic nitrogens is 5. The minimum Gasteiger partial charge on any atom is -0.310 e. The Hall–Kier alpha value is -3.59. The number of ketones is 1. The van der Waals surface area contributed by atoms with Gasteiger partial charge in [0.1, 0.15) is 12.2 Å². The zero-order valence-corrected chi connectivity index (χ0v) is 20.0. The fourth-order valence-corrected chi connectivity index (χ4v) is 5.05. The average Bonchev–Trinajstić information content (AvgIpc) is 3.21. The lowest BCUT2D eigenvalue weighted by Crippen LogP contribution is -2.41. The number of nitrogens with one attached hydrogen (secondary N) is 1. The van der Waals surface area contributed by atoms with Crippen molar-refractivity contribution in [3.8, 4) is 0 Å². The number of hydrogen-bond donors (Lipinski definition) is 1. The van der Waals surface area contributed by atoms with E-state index in [0.717, 1.165) is 5.56 Å². The number of carbonyl (C=O) groups is 2. The van der Waals surface area contributed by atoms with Gasteiger partial charge in [0.25, 0.3) is 5.56 Å². The van der Waals surface area contributed by atoms with E-state index in [1.165, 1.54) is 17.8 Å². The van der Waals surface area contributed by atoms with Crippen LogP contribution in [-0.2, 0) is 4.79 Å². The Morgan fingerprint density at radius 2 is 1.88 bits per heavy atom. The van der Waals surface area contributed by atoms with Crippen LogP contribution in [-0.4, -0.2) is 36.4 Å². The number of Topliss-reactive ketones (excluding diaryl/α,β-unsaturated/α-hetero) is 1. The van der Waals surface area contributed by atoms with Gasteiger partial charge in [0, 0.05) is 35.6 Å². The van der Waals surface area contributed by atoms with Crippen LogP contribution in [0.1, 0.15) is 61.3 Å². The summed E-state index contributed by atoms with van der Waals surface area (Å²) in [6.07, 6.45) is 2.17. The van der Waals surface area contributed by atoms with E-state index in [9.17, 15) is 14.4 Å². The molecule has 0 spiro atoms. The third-order valence-corrected chi connectivity index (χ3v) is 6.53. The van der Waals surface area contributed by atoms with E-state index < -0.39 is 5.92 Å². The molecule has 10 heteroatoms. The molecule has 0 radical (unpaired) electrons. The van der Waals surface area contributed by atoms with Gasteiger partial charge in [-0.2, -0.15) is 0 Å². The van der Waals surface area contributed by atoms with Gasteiger partial charge in [-0.1, -0.05) is 37.6 Å². The predicted molar refractivity (Wildman–Crippen MR) is 126 cm³/mol. The van der Waals surface area contributed by atoms with E-state index >= 15 is 0 Å². The summed E-state index contributed by atoms with van der Waals surface area (Å²) in [6.45, 7) is 7.13. The summed E-state index contributed by atoms with van der Waals surface area (Å²) in [5.74, 6) is -0.0578. The van der Waals surface area contributed by atoms with Gasteiger partial charge in [-0.25, -0.2) is 9.55 Å². The lowest BCUT2D eigenvalue weighted by molar-refractivity contribution is -0.118. The van der Waals surface area contributed by atoms with Crippen LogP contribution in [0.2, 0.25) is 5.02 Å². The van der Waals surface area contributed by atoms with Crippen molar-refractivity contribution in [2.45, 2.75) is 46.5 Å². The number of aryl methyl sites for hydroxylation is 1. The molecule has 174 valence electrons. The highest BCUT2D eigenvalue weighted by molar-refractivity contribution is 6.30. The summed E-state index contributed by atoms with van der Waals surface area (Å²) in [4.78, 5) is 48.5. The van der Waals surface area contributed by atoms with Crippen LogP contribution in [0.15, 0.2) is 46.7 Å². The summed E-state index contributed by atoms with van der Waals surface area (Å²) < 4.78 is 1.29. The third-order valence-electron chi connectivity index (χ3n) is 6.28. The molecule has 9 nitrogen and oxygen atoms in total. The molecule has 1 aromatic carbocycles. The minimum atomic E-state index is -0.632. The zero-order valence-electron chi connectivity index (χ0n) is 19.2. The smallest absolute Gasteiger partial charge is 0.257 e. The molecule has 0 amide bonds. The van der Waals surface area contributed by atoms with Crippen LogP contribution in [0, 0.1) is 12.3 Å². The number of H-pyrrole nitrogens is 1. The monoisotopic (exact) mass is 478 g/mol. The van der Waals surface area contributed by atoms with E-state index in [0.29, 0.717) is 46.3 Å². The Balaban J connectivity index is 1.89. The summed E-state index contributed by atoms with van der Waals surface area (Å²) in [5, 5.41) is 8.68. The van der Waals surface area contributed by atoms with Crippen LogP contribution >= 0.6 is 11.6 Å². The first-order valence-corrected chi connectivity index (χ1v) is 11.3. The van der Waals surface area contributed by atoms with E-state index in [1.807, 2.05) is 26.0 Å². The quantitative estimate of drug-likeness (QED) is 0.593. The van der Waals surface area contributed by atoms with Gasteiger partial charge in [0.05, 0.1) is 5.56 Å². The van der Waals surface area contributed by atoms with Gasteiger partial charge < -0.3 is 4.98 Å². The highest BCUT2D eigenvalue weighted by atomic mass is 35.5. The van der Waals surface area contributed by atoms with E-state index in [1.54, 1.807) is 24.0 Å². The Morgan fingerprint density at radius 1 is 1.18 bits per heavy atom. The number of nitrogens with zero attached hydrogens (tertiary/aromatic N) is 5. The molecular formula is C24H23ClN6O3. The maximum atomic E-state index is 13.7. The molecule has 1 atom stereocenters. The molecule has 3 heterocycles. The molecule has 5 rings (SSSR count). The van der Waals surface area contributed by atoms with Crippen LogP contribution in [0.25, 0.3) is 0 Å². The highest BCUT2D eigenvalue weighted by Gasteiger charge is 2.46. The molecule has 1 aliphatic heterocycles. The van der Waals surface area contributed by atoms with Gasteiger partial charge in [0.15, 0.2) is 11.6 Å². The summed E-state index contributed by atoms with van der Waals surface area (Å²) in [6, 6.07) is 7.12. The molecule has 3 aromatic rings. The SMILES string of the molecule is CC(=O)n1cnnc1N1C2=C(C(=O)CC(C)(C)C2)C(c2ccc(Cl)cc2)c2c1nc(C)[nH]c2=O. The van der Waals surface area contributed by atoms with Crippen LogP contribution in [0.4, 0.5) is 11.8 Å². The van der Waals surface area contributed by atoms with Gasteiger partial charge >= 0.3 is 0 Å². The first-order chi connectivity index (χ1) is 16.1. The van der Waals surface area contributed by atoms with Crippen molar-refractivity contribution in [1.82, 2.24) is 24.7 Å². The number of aromatic amines is 1. The normalized spacial score (nSPS) is 19.1. The van der Waals surface area contributed by atoms with Crippen molar-refractivity contribution in [2.75, 3.05) is 4.90 Å². The minimum absolute atomic E-state index is 0.0595. The second kappa shape index (κ2) is 7.73. The fraction of sp³-hybridized carbons (Fsp3) is 0.333. The molecule has 0 fully saturated rings. The summed E-state index contributed by atoms with van der Waals surface area (Å²) >= 11 is 6.13. The van der Waals surface area contributed by atoms with E-state index in [4.69, 9.17) is 11.6 Å². The van der Waals surface area contributed by atoms with Crippen molar-refractivity contribution in [3.05, 3.63) is 74.2 Å². The third kappa shape index (κ3) is 3.47. The molecular weight excluding hydrogens is 456 g/mol. The van der Waals surface area contributed by atoms with Gasteiger partial charge in [-0.15, -0.1) is 10.2 Å². The number of rotatable bonds is 2. The Morgan fingerprint density at radius 3 is 2.56 bits per heavy atom. The molecule has 1 aliphatic carbocycles. The number of halogens is 1. The molecule has 2 aromatic heterocycles. The predicted octanol–water partition coefficient (Wildman–Crippen LogP) is 3.91. The first-order valence-electron chi connectivity index (χ1n) is 10.9. The number of benzene rings is 1. The number of allylic oxidation sites excluding steroid dienone is 2.